The number of methoxy groups -OCH3 is 4. The van der Waals surface area contributed by atoms with E-state index in [4.69, 9.17) is 39.3 Å². The zero-order chi connectivity index (χ0) is 78.0. The standard InChI is InChI=1S/C40H30N10O6.C40H32N10O6.2ClH/c1-55-37-25-29(13-23-35(37)47-43-39(27-9-5-3-6-10-27)41-45(47)31-15-19-33(20-16-31)49(51)52)30-14-24-36(38(26-30)56-2)48-44-40(28-11-7-4-8-12-28)42-46(48)32-17-21-34(22-18-32)50(53)54;1-55-37-25-29(13-23-35(37)43-47-39(27-9-5-3-6-10-27)45-41-31-15-19-33(20-16-31)49(51)52)30-14-24-36(38(26-30)56-2)44-48-40(28-11-7-4-8-12-28)46-42-32-17-21-34(22-18-32)50(53)54;;/h3-26H,1-2H3;3-26,41-42H,1-2H3;2*1H/q+2;;;/b;45-39-,46-40-,47-43?,48-44?;;. The summed E-state index contributed by atoms with van der Waals surface area (Å²) in [5.41, 5.74) is 15.9. The van der Waals surface area contributed by atoms with Gasteiger partial charge in [0.25, 0.3) is 22.7 Å². The Hall–Kier alpha value is -15.7. The van der Waals surface area contributed by atoms with Gasteiger partial charge in [0.1, 0.15) is 34.2 Å². The number of benzene rings is 12. The van der Waals surface area contributed by atoms with Crippen LogP contribution in [0, 0.1) is 40.5 Å². The Labute approximate surface area is 660 Å². The van der Waals surface area contributed by atoms with Crippen molar-refractivity contribution < 1.29 is 48.2 Å². The SMILES string of the molecule is COc1cc(-c2ccc(-[n+]3nc(-c4ccccc4)nn3-c3ccc([N+](=O)[O-])cc3)c(OC)c2)ccc1-[n+]1nc(-c2ccccc2)nn1-c1ccc([N+](=O)[O-])cc1.COc1cc(-c2ccc(N=N/C(=N\Nc3ccc([N+](=O)[O-])cc3)c3ccccc3)c(OC)c2)ccc1N=N/C(=N\Nc1ccc([N+](=O)[O-])cc1)c1ccccc1.Cl.Cl. The highest BCUT2D eigenvalue weighted by Gasteiger charge is 2.30. The van der Waals surface area contributed by atoms with Gasteiger partial charge in [-0.05, 0) is 176 Å². The lowest BCUT2D eigenvalue weighted by molar-refractivity contribution is -0.734. The van der Waals surface area contributed by atoms with Crippen molar-refractivity contribution in [2.75, 3.05) is 39.3 Å². The number of hydrogen-bond donors (Lipinski definition) is 2. The summed E-state index contributed by atoms with van der Waals surface area (Å²) >= 11 is 0. The largest absolute Gasteiger partial charge is 0.494 e. The molecule has 14 rings (SSSR count). The molecule has 14 aromatic rings. The van der Waals surface area contributed by atoms with Crippen LogP contribution in [0.25, 0.3) is 67.8 Å². The summed E-state index contributed by atoms with van der Waals surface area (Å²) in [6.45, 7) is 0. The molecule has 12 aromatic carbocycles. The Morgan fingerprint density at radius 3 is 0.947 bits per heavy atom. The minimum absolute atomic E-state index is 0. The summed E-state index contributed by atoms with van der Waals surface area (Å²) in [5.74, 6) is 3.27. The molecule has 114 heavy (non-hydrogen) atoms. The lowest BCUT2D eigenvalue weighted by atomic mass is 10.0. The number of anilines is 2. The van der Waals surface area contributed by atoms with Crippen LogP contribution in [-0.2, 0) is 0 Å². The van der Waals surface area contributed by atoms with E-state index in [1.165, 1.54) is 62.8 Å². The summed E-state index contributed by atoms with van der Waals surface area (Å²) in [6.07, 6.45) is 0. The number of nitro benzene ring substituents is 4. The molecule has 568 valence electrons. The molecule has 2 N–H and O–H groups in total. The van der Waals surface area contributed by atoms with Gasteiger partial charge in [0.05, 0.1) is 80.8 Å². The third-order valence-corrected chi connectivity index (χ3v) is 16.9. The number of rotatable bonds is 24. The monoisotopic (exact) mass is 1570 g/mol. The number of ether oxygens (including phenoxy) is 4. The van der Waals surface area contributed by atoms with Gasteiger partial charge in [-0.3, -0.25) is 51.3 Å². The molecule has 0 radical (unpaired) electrons. The molecular weight excluding hydrogens is 1500 g/mol. The number of aromatic nitrogens is 8. The van der Waals surface area contributed by atoms with Crippen LogP contribution in [0.2, 0.25) is 0 Å². The quantitative estimate of drug-likeness (QED) is 0.0142. The maximum Gasteiger partial charge on any atom is 0.340 e. The van der Waals surface area contributed by atoms with Crippen LogP contribution in [0.3, 0.4) is 0 Å². The molecule has 0 unspecified atom stereocenters. The van der Waals surface area contributed by atoms with Crippen molar-refractivity contribution in [3.05, 3.63) is 343 Å². The fourth-order valence-electron chi connectivity index (χ4n) is 11.2. The average molecular weight is 1570 g/mol. The maximum absolute atomic E-state index is 11.4. The van der Waals surface area contributed by atoms with Crippen LogP contribution in [0.4, 0.5) is 45.5 Å². The highest BCUT2D eigenvalue weighted by molar-refractivity contribution is 6.00. The molecule has 0 saturated carbocycles. The average Bonchev–Trinajstić information content (AvgIpc) is 1.64. The molecule has 0 aliphatic heterocycles. The van der Waals surface area contributed by atoms with Crippen LogP contribution in [0.15, 0.2) is 322 Å². The van der Waals surface area contributed by atoms with E-state index in [0.29, 0.717) is 91.3 Å². The van der Waals surface area contributed by atoms with Gasteiger partial charge < -0.3 is 18.9 Å². The highest BCUT2D eigenvalue weighted by Crippen LogP contribution is 2.39. The van der Waals surface area contributed by atoms with Crippen LogP contribution in [0.5, 0.6) is 23.0 Å². The third kappa shape index (κ3) is 18.7. The van der Waals surface area contributed by atoms with Crippen molar-refractivity contribution in [3.8, 4) is 90.8 Å². The second-order valence-electron chi connectivity index (χ2n) is 23.9. The van der Waals surface area contributed by atoms with Crippen molar-refractivity contribution in [1.29, 1.82) is 0 Å². The molecule has 32 nitrogen and oxygen atoms in total. The number of non-ortho nitro benzene ring substituents is 4. The summed E-state index contributed by atoms with van der Waals surface area (Å²) < 4.78 is 23.2. The number of hydrogen-bond acceptors (Lipinski definition) is 22. The first-order chi connectivity index (χ1) is 54.6. The fourth-order valence-corrected chi connectivity index (χ4v) is 11.2. The van der Waals surface area contributed by atoms with Gasteiger partial charge >= 0.3 is 11.6 Å². The number of nitrogens with zero attached hydrogens (tertiary/aromatic N) is 18. The number of tetrazole rings is 2. The van der Waals surface area contributed by atoms with Crippen LogP contribution < -0.4 is 39.4 Å². The second kappa shape index (κ2) is 36.9. The van der Waals surface area contributed by atoms with Gasteiger partial charge in [0.15, 0.2) is 11.5 Å². The first-order valence-corrected chi connectivity index (χ1v) is 33.9. The lowest BCUT2D eigenvalue weighted by Gasteiger charge is -2.11. The minimum Gasteiger partial charge on any atom is -0.494 e. The zero-order valence-electron chi connectivity index (χ0n) is 60.5. The van der Waals surface area contributed by atoms with E-state index in [2.05, 4.69) is 41.5 Å². The van der Waals surface area contributed by atoms with Crippen molar-refractivity contribution in [3.63, 3.8) is 0 Å². The van der Waals surface area contributed by atoms with Crippen molar-refractivity contribution in [2.45, 2.75) is 0 Å². The Bertz CT molecular complexity index is 5530. The molecule has 0 aliphatic rings. The lowest BCUT2D eigenvalue weighted by Crippen LogP contribution is -2.43. The third-order valence-electron chi connectivity index (χ3n) is 16.9. The van der Waals surface area contributed by atoms with Gasteiger partial charge in [0, 0.05) is 69.3 Å². The molecule has 0 fully saturated rings. The molecule has 2 aromatic heterocycles. The predicted octanol–water partition coefficient (Wildman–Crippen LogP) is 17.4. The van der Waals surface area contributed by atoms with Gasteiger partial charge in [0.2, 0.25) is 23.0 Å². The zero-order valence-corrected chi connectivity index (χ0v) is 62.1. The fraction of sp³-hybridized carbons (Fsp3) is 0.0500. The Balaban J connectivity index is 0.000000221. The van der Waals surface area contributed by atoms with Gasteiger partial charge in [-0.25, -0.2) is 0 Å². The van der Waals surface area contributed by atoms with Crippen LogP contribution >= 0.6 is 24.8 Å². The molecular formula is C80H64Cl2N20O12+2. The smallest absolute Gasteiger partial charge is 0.340 e. The molecule has 0 amide bonds. The Kier molecular flexibility index (Phi) is 25.7. The van der Waals surface area contributed by atoms with Crippen LogP contribution in [-0.4, -0.2) is 89.8 Å². The number of hydrazone groups is 2. The number of azo groups is 2. The topological polar surface area (TPSA) is 377 Å². The second-order valence-corrected chi connectivity index (χ2v) is 23.9. The molecule has 0 saturated heterocycles. The first-order valence-electron chi connectivity index (χ1n) is 33.9. The van der Waals surface area contributed by atoms with E-state index in [1.807, 2.05) is 182 Å². The molecule has 2 heterocycles. The summed E-state index contributed by atoms with van der Waals surface area (Å²) in [4.78, 5) is 49.2. The molecule has 0 aliphatic carbocycles. The Morgan fingerprint density at radius 1 is 0.351 bits per heavy atom. The van der Waals surface area contributed by atoms with E-state index in [-0.39, 0.29) is 59.2 Å². The van der Waals surface area contributed by atoms with Crippen LogP contribution in [0.1, 0.15) is 11.1 Å². The van der Waals surface area contributed by atoms with Gasteiger partial charge in [-0.2, -0.15) is 10.2 Å². The number of halogens is 2. The molecule has 34 heteroatoms. The summed E-state index contributed by atoms with van der Waals surface area (Å²) in [7, 11) is 6.19. The molecule has 0 atom stereocenters. The summed E-state index contributed by atoms with van der Waals surface area (Å²) in [5, 5.41) is 90.5. The normalized spacial score (nSPS) is 11.2. The maximum atomic E-state index is 11.4. The number of amidine groups is 2. The van der Waals surface area contributed by atoms with E-state index in [9.17, 15) is 40.5 Å². The predicted molar refractivity (Wildman–Crippen MR) is 430 cm³/mol. The van der Waals surface area contributed by atoms with E-state index in [0.717, 1.165) is 33.4 Å². The summed E-state index contributed by atoms with van der Waals surface area (Å²) in [6, 6.07) is 83.4. The molecule has 0 bridgehead atoms. The van der Waals surface area contributed by atoms with Crippen molar-refractivity contribution in [1.82, 2.24) is 30.0 Å². The van der Waals surface area contributed by atoms with Gasteiger partial charge in [-0.15, -0.1) is 45.3 Å². The van der Waals surface area contributed by atoms with Crippen molar-refractivity contribution in [2.24, 2.45) is 30.7 Å². The van der Waals surface area contributed by atoms with E-state index >= 15 is 0 Å². The minimum atomic E-state index is -0.471. The first kappa shape index (κ1) is 79.3. The number of nitro groups is 4. The van der Waals surface area contributed by atoms with Crippen molar-refractivity contribution >= 4 is 82.0 Å². The molecule has 0 spiro atoms. The van der Waals surface area contributed by atoms with E-state index in [1.54, 1.807) is 94.1 Å². The Morgan fingerprint density at radius 2 is 0.640 bits per heavy atom. The van der Waals surface area contributed by atoms with Gasteiger partial charge in [-0.1, -0.05) is 109 Å². The van der Waals surface area contributed by atoms with E-state index < -0.39 is 19.7 Å². The number of nitrogens with one attached hydrogen (secondary N) is 2. The highest BCUT2D eigenvalue weighted by atomic mass is 35.5.